The molecule has 0 bridgehead atoms. The number of anilines is 2. The summed E-state index contributed by atoms with van der Waals surface area (Å²) in [5.41, 5.74) is 1.08. The molecule has 1 amide bonds. The molecule has 0 spiro atoms. The van der Waals surface area contributed by atoms with Crippen molar-refractivity contribution in [3.8, 4) is 0 Å². The minimum atomic E-state index is -0.281. The van der Waals surface area contributed by atoms with Gasteiger partial charge in [0.25, 0.3) is 0 Å². The van der Waals surface area contributed by atoms with E-state index < -0.39 is 0 Å². The third kappa shape index (κ3) is 2.68. The fraction of sp³-hybridized carbons (Fsp3) is 0.364. The van der Waals surface area contributed by atoms with Gasteiger partial charge in [-0.05, 0) is 31.0 Å². The molecule has 0 saturated heterocycles. The second-order valence-electron chi connectivity index (χ2n) is 3.79. The number of benzene rings is 1. The minimum Gasteiger partial charge on any atom is -0.380 e. The third-order valence-corrected chi connectivity index (χ3v) is 2.22. The highest BCUT2D eigenvalue weighted by Crippen LogP contribution is 2.27. The molecule has 1 fully saturated rings. The predicted molar refractivity (Wildman–Crippen MR) is 57.3 cm³/mol. The van der Waals surface area contributed by atoms with Crippen LogP contribution in [-0.2, 0) is 4.79 Å². The molecule has 0 unspecified atom stereocenters. The first-order valence-electron chi connectivity index (χ1n) is 4.99. The summed E-state index contributed by atoms with van der Waals surface area (Å²) in [5, 5.41) is 5.69. The number of hydrogen-bond acceptors (Lipinski definition) is 2. The van der Waals surface area contributed by atoms with Crippen LogP contribution in [0, 0.1) is 5.82 Å². The lowest BCUT2D eigenvalue weighted by Gasteiger charge is -2.08. The van der Waals surface area contributed by atoms with Gasteiger partial charge in [-0.15, -0.1) is 0 Å². The van der Waals surface area contributed by atoms with Crippen molar-refractivity contribution in [2.45, 2.75) is 25.8 Å². The SMILES string of the molecule is CC(=O)Nc1ccc(F)c(NC2CC2)c1. The molecule has 0 atom stereocenters. The summed E-state index contributed by atoms with van der Waals surface area (Å²) in [5.74, 6) is -0.435. The summed E-state index contributed by atoms with van der Waals surface area (Å²) in [6, 6.07) is 4.92. The summed E-state index contributed by atoms with van der Waals surface area (Å²) in [6.07, 6.45) is 2.17. The number of halogens is 1. The van der Waals surface area contributed by atoms with Crippen molar-refractivity contribution in [3.05, 3.63) is 24.0 Å². The fourth-order valence-electron chi connectivity index (χ4n) is 1.36. The summed E-state index contributed by atoms with van der Waals surface area (Å²) < 4.78 is 13.3. The quantitative estimate of drug-likeness (QED) is 0.800. The maximum atomic E-state index is 13.3. The molecule has 0 heterocycles. The number of rotatable bonds is 3. The first-order valence-corrected chi connectivity index (χ1v) is 4.99. The molecule has 0 radical (unpaired) electrons. The zero-order valence-corrected chi connectivity index (χ0v) is 8.51. The van der Waals surface area contributed by atoms with E-state index in [1.807, 2.05) is 0 Å². The van der Waals surface area contributed by atoms with Gasteiger partial charge in [-0.2, -0.15) is 0 Å². The van der Waals surface area contributed by atoms with E-state index in [0.29, 0.717) is 17.4 Å². The van der Waals surface area contributed by atoms with Gasteiger partial charge >= 0.3 is 0 Å². The Balaban J connectivity index is 2.15. The van der Waals surface area contributed by atoms with Crippen LogP contribution in [0.15, 0.2) is 18.2 Å². The molecule has 1 saturated carbocycles. The van der Waals surface area contributed by atoms with Crippen molar-refractivity contribution in [3.63, 3.8) is 0 Å². The predicted octanol–water partition coefficient (Wildman–Crippen LogP) is 2.36. The summed E-state index contributed by atoms with van der Waals surface area (Å²) >= 11 is 0. The van der Waals surface area contributed by atoms with E-state index in [-0.39, 0.29) is 11.7 Å². The largest absolute Gasteiger partial charge is 0.380 e. The van der Waals surface area contributed by atoms with Gasteiger partial charge in [-0.25, -0.2) is 4.39 Å². The average Bonchev–Trinajstić information content (AvgIpc) is 2.94. The number of amides is 1. The molecule has 4 heteroatoms. The molecule has 15 heavy (non-hydrogen) atoms. The lowest BCUT2D eigenvalue weighted by molar-refractivity contribution is -0.114. The molecule has 1 aliphatic rings. The minimum absolute atomic E-state index is 0.154. The zero-order valence-electron chi connectivity index (χ0n) is 8.51. The number of carbonyl (C=O) groups excluding carboxylic acids is 1. The Morgan fingerprint density at radius 3 is 2.80 bits per heavy atom. The van der Waals surface area contributed by atoms with Crippen LogP contribution in [0.5, 0.6) is 0 Å². The Bertz CT molecular complexity index is 388. The van der Waals surface area contributed by atoms with Crippen LogP contribution in [0.1, 0.15) is 19.8 Å². The van der Waals surface area contributed by atoms with Gasteiger partial charge in [0.1, 0.15) is 5.82 Å². The topological polar surface area (TPSA) is 41.1 Å². The molecule has 80 valence electrons. The molecule has 2 N–H and O–H groups in total. The van der Waals surface area contributed by atoms with E-state index in [9.17, 15) is 9.18 Å². The highest BCUT2D eigenvalue weighted by atomic mass is 19.1. The van der Waals surface area contributed by atoms with E-state index in [1.165, 1.54) is 13.0 Å². The van der Waals surface area contributed by atoms with Gasteiger partial charge in [0, 0.05) is 18.7 Å². The molecule has 1 aliphatic carbocycles. The van der Waals surface area contributed by atoms with E-state index in [2.05, 4.69) is 10.6 Å². The van der Waals surface area contributed by atoms with Crippen molar-refractivity contribution >= 4 is 17.3 Å². The molecule has 0 aromatic heterocycles. The van der Waals surface area contributed by atoms with Gasteiger partial charge in [-0.1, -0.05) is 0 Å². The highest BCUT2D eigenvalue weighted by Gasteiger charge is 2.22. The second kappa shape index (κ2) is 3.88. The van der Waals surface area contributed by atoms with Crippen LogP contribution >= 0.6 is 0 Å². The maximum Gasteiger partial charge on any atom is 0.221 e. The van der Waals surface area contributed by atoms with Gasteiger partial charge in [0.05, 0.1) is 5.69 Å². The van der Waals surface area contributed by atoms with Crippen LogP contribution in [-0.4, -0.2) is 11.9 Å². The molecule has 1 aromatic carbocycles. The number of carbonyl (C=O) groups is 1. The average molecular weight is 208 g/mol. The van der Waals surface area contributed by atoms with Crippen LogP contribution in [0.25, 0.3) is 0 Å². The highest BCUT2D eigenvalue weighted by molar-refractivity contribution is 5.89. The Morgan fingerprint density at radius 2 is 2.20 bits per heavy atom. The van der Waals surface area contributed by atoms with Crippen molar-refractivity contribution in [2.75, 3.05) is 10.6 Å². The number of nitrogens with one attached hydrogen (secondary N) is 2. The Morgan fingerprint density at radius 1 is 1.47 bits per heavy atom. The lowest BCUT2D eigenvalue weighted by Crippen LogP contribution is -2.08. The first-order chi connectivity index (χ1) is 7.15. The Kier molecular flexibility index (Phi) is 2.58. The lowest BCUT2D eigenvalue weighted by atomic mass is 10.2. The first kappa shape index (κ1) is 9.96. The smallest absolute Gasteiger partial charge is 0.221 e. The summed E-state index contributed by atoms with van der Waals surface area (Å²) in [6.45, 7) is 1.43. The summed E-state index contributed by atoms with van der Waals surface area (Å²) in [4.78, 5) is 10.8. The van der Waals surface area contributed by atoms with E-state index in [0.717, 1.165) is 12.8 Å². The van der Waals surface area contributed by atoms with Crippen LogP contribution in [0.3, 0.4) is 0 Å². The second-order valence-corrected chi connectivity index (χ2v) is 3.79. The molecule has 3 nitrogen and oxygen atoms in total. The monoisotopic (exact) mass is 208 g/mol. The van der Waals surface area contributed by atoms with Crippen LogP contribution in [0.2, 0.25) is 0 Å². The Labute approximate surface area is 87.7 Å². The molecular formula is C11H13FN2O. The molecular weight excluding hydrogens is 195 g/mol. The van der Waals surface area contributed by atoms with E-state index in [1.54, 1.807) is 12.1 Å². The number of hydrogen-bond donors (Lipinski definition) is 2. The van der Waals surface area contributed by atoms with Crippen molar-refractivity contribution < 1.29 is 9.18 Å². The molecule has 2 rings (SSSR count). The van der Waals surface area contributed by atoms with Crippen molar-refractivity contribution in [1.82, 2.24) is 0 Å². The maximum absolute atomic E-state index is 13.3. The molecule has 1 aromatic rings. The van der Waals surface area contributed by atoms with E-state index in [4.69, 9.17) is 0 Å². The standard InChI is InChI=1S/C11H13FN2O/c1-7(15)13-9-4-5-10(12)11(6-9)14-8-2-3-8/h4-6,8,14H,2-3H2,1H3,(H,13,15). The van der Waals surface area contributed by atoms with Gasteiger partial charge < -0.3 is 10.6 Å². The van der Waals surface area contributed by atoms with Gasteiger partial charge in [0.2, 0.25) is 5.91 Å². The van der Waals surface area contributed by atoms with Crippen molar-refractivity contribution in [2.24, 2.45) is 0 Å². The van der Waals surface area contributed by atoms with Gasteiger partial charge in [-0.3, -0.25) is 4.79 Å². The summed E-state index contributed by atoms with van der Waals surface area (Å²) in [7, 11) is 0. The normalized spacial score (nSPS) is 14.8. The molecule has 0 aliphatic heterocycles. The Hall–Kier alpha value is -1.58. The zero-order chi connectivity index (χ0) is 10.8. The van der Waals surface area contributed by atoms with Crippen LogP contribution in [0.4, 0.5) is 15.8 Å². The third-order valence-electron chi connectivity index (χ3n) is 2.22. The van der Waals surface area contributed by atoms with E-state index >= 15 is 0 Å². The van der Waals surface area contributed by atoms with Crippen LogP contribution < -0.4 is 10.6 Å². The fourth-order valence-corrected chi connectivity index (χ4v) is 1.36. The van der Waals surface area contributed by atoms with Crippen molar-refractivity contribution in [1.29, 1.82) is 0 Å². The van der Waals surface area contributed by atoms with Gasteiger partial charge in [0.15, 0.2) is 0 Å².